The van der Waals surface area contributed by atoms with Gasteiger partial charge >= 0.3 is 0 Å². The van der Waals surface area contributed by atoms with Gasteiger partial charge in [0.05, 0.1) is 12.5 Å². The summed E-state index contributed by atoms with van der Waals surface area (Å²) >= 11 is 0. The number of hydrogen-bond acceptors (Lipinski definition) is 3. The average Bonchev–Trinajstić information content (AvgIpc) is 3.00. The molecule has 2 aliphatic rings. The maximum atomic E-state index is 12.8. The molecule has 1 heterocycles. The van der Waals surface area contributed by atoms with Crippen LogP contribution >= 0.6 is 0 Å². The molecule has 0 aromatic heterocycles. The number of carbonyl (C=O) groups excluding carboxylic acids is 1. The van der Waals surface area contributed by atoms with Crippen LogP contribution in [0.3, 0.4) is 0 Å². The largest absolute Gasteiger partial charge is 0.496 e. The Morgan fingerprint density at radius 2 is 2.27 bits per heavy atom. The lowest BCUT2D eigenvalue weighted by atomic mass is 9.67. The van der Waals surface area contributed by atoms with Crippen molar-refractivity contribution in [3.05, 3.63) is 29.8 Å². The first-order valence-electron chi connectivity index (χ1n) is 8.37. The zero-order chi connectivity index (χ0) is 15.4. The van der Waals surface area contributed by atoms with E-state index >= 15 is 0 Å². The number of para-hydroxylation sites is 1. The molecule has 2 atom stereocenters. The molecule has 1 aliphatic heterocycles. The quantitative estimate of drug-likeness (QED) is 0.876. The van der Waals surface area contributed by atoms with Crippen LogP contribution in [-0.4, -0.2) is 32.7 Å². The van der Waals surface area contributed by atoms with Gasteiger partial charge in [-0.2, -0.15) is 0 Å². The zero-order valence-electron chi connectivity index (χ0n) is 13.4. The molecule has 22 heavy (non-hydrogen) atoms. The van der Waals surface area contributed by atoms with Crippen molar-refractivity contribution in [3.63, 3.8) is 0 Å². The molecule has 0 unspecified atom stereocenters. The van der Waals surface area contributed by atoms with Gasteiger partial charge in [-0.15, -0.1) is 0 Å². The van der Waals surface area contributed by atoms with Crippen molar-refractivity contribution in [2.75, 3.05) is 26.7 Å². The molecule has 0 spiro atoms. The molecule has 1 saturated heterocycles. The van der Waals surface area contributed by atoms with Gasteiger partial charge in [-0.05, 0) is 43.4 Å². The summed E-state index contributed by atoms with van der Waals surface area (Å²) in [6, 6.07) is 8.00. The minimum absolute atomic E-state index is 0.154. The van der Waals surface area contributed by atoms with Crippen LogP contribution < -0.4 is 15.4 Å². The van der Waals surface area contributed by atoms with E-state index in [1.165, 1.54) is 19.3 Å². The second-order valence-corrected chi connectivity index (χ2v) is 6.55. The normalized spacial score (nSPS) is 27.2. The van der Waals surface area contributed by atoms with Crippen LogP contribution in [0, 0.1) is 11.3 Å². The Morgan fingerprint density at radius 3 is 3.14 bits per heavy atom. The molecule has 2 N–H and O–H groups in total. The number of ether oxygens (including phenoxy) is 1. The smallest absolute Gasteiger partial charge is 0.227 e. The SMILES string of the molecule is COc1ccccc1CCNC(=O)[C@@]12CCCC[C@H]1CNC2. The molecule has 1 aromatic carbocycles. The molecule has 120 valence electrons. The van der Waals surface area contributed by atoms with E-state index in [0.29, 0.717) is 12.5 Å². The monoisotopic (exact) mass is 302 g/mol. The van der Waals surface area contributed by atoms with Crippen molar-refractivity contribution in [1.82, 2.24) is 10.6 Å². The number of fused-ring (bicyclic) bond motifs is 1. The third kappa shape index (κ3) is 2.84. The lowest BCUT2D eigenvalue weighted by Crippen LogP contribution is -2.48. The summed E-state index contributed by atoms with van der Waals surface area (Å²) in [5, 5.41) is 6.61. The first-order valence-corrected chi connectivity index (χ1v) is 8.37. The van der Waals surface area contributed by atoms with E-state index in [1.54, 1.807) is 7.11 Å². The Morgan fingerprint density at radius 1 is 1.41 bits per heavy atom. The molecule has 1 aromatic rings. The van der Waals surface area contributed by atoms with Gasteiger partial charge in [-0.25, -0.2) is 0 Å². The van der Waals surface area contributed by atoms with Gasteiger partial charge in [0, 0.05) is 13.1 Å². The van der Waals surface area contributed by atoms with E-state index in [2.05, 4.69) is 16.7 Å². The van der Waals surface area contributed by atoms with Crippen LogP contribution in [-0.2, 0) is 11.2 Å². The summed E-state index contributed by atoms with van der Waals surface area (Å²) in [5.41, 5.74) is 0.992. The molecule has 4 heteroatoms. The summed E-state index contributed by atoms with van der Waals surface area (Å²) in [5.74, 6) is 1.66. The Kier molecular flexibility index (Phi) is 4.67. The number of nitrogens with one attached hydrogen (secondary N) is 2. The van der Waals surface area contributed by atoms with Gasteiger partial charge in [-0.3, -0.25) is 4.79 Å². The van der Waals surface area contributed by atoms with Gasteiger partial charge in [0.25, 0.3) is 0 Å². The average molecular weight is 302 g/mol. The summed E-state index contributed by atoms with van der Waals surface area (Å²) in [6.45, 7) is 2.52. The number of rotatable bonds is 5. The third-order valence-corrected chi connectivity index (χ3v) is 5.36. The number of methoxy groups -OCH3 is 1. The topological polar surface area (TPSA) is 50.4 Å². The molecule has 1 aliphatic carbocycles. The summed E-state index contributed by atoms with van der Waals surface area (Å²) in [4.78, 5) is 12.8. The Hall–Kier alpha value is -1.55. The number of amides is 1. The molecule has 4 nitrogen and oxygen atoms in total. The van der Waals surface area contributed by atoms with E-state index in [1.807, 2.05) is 18.2 Å². The Bertz CT molecular complexity index is 532. The van der Waals surface area contributed by atoms with Crippen LogP contribution in [0.15, 0.2) is 24.3 Å². The molecule has 1 amide bonds. The minimum Gasteiger partial charge on any atom is -0.496 e. The fourth-order valence-corrected chi connectivity index (χ4v) is 4.09. The van der Waals surface area contributed by atoms with Crippen molar-refractivity contribution in [3.8, 4) is 5.75 Å². The van der Waals surface area contributed by atoms with Gasteiger partial charge in [0.2, 0.25) is 5.91 Å². The fraction of sp³-hybridized carbons (Fsp3) is 0.611. The number of hydrogen-bond donors (Lipinski definition) is 2. The molecular weight excluding hydrogens is 276 g/mol. The second-order valence-electron chi connectivity index (χ2n) is 6.55. The van der Waals surface area contributed by atoms with E-state index < -0.39 is 0 Å². The molecule has 0 radical (unpaired) electrons. The van der Waals surface area contributed by atoms with Gasteiger partial charge in [0.1, 0.15) is 5.75 Å². The predicted molar refractivity (Wildman–Crippen MR) is 87.0 cm³/mol. The van der Waals surface area contributed by atoms with Crippen molar-refractivity contribution < 1.29 is 9.53 Å². The summed E-state index contributed by atoms with van der Waals surface area (Å²) < 4.78 is 5.36. The lowest BCUT2D eigenvalue weighted by Gasteiger charge is -2.37. The standard InChI is InChI=1S/C18H26N2O2/c1-22-16-8-3-2-6-14(16)9-11-20-17(21)18-10-5-4-7-15(18)12-19-13-18/h2-3,6,8,15,19H,4-5,7,9-13H2,1H3,(H,20,21)/t15-,18+/m0/s1. The molecule has 2 fully saturated rings. The highest BCUT2D eigenvalue weighted by atomic mass is 16.5. The summed E-state index contributed by atoms with van der Waals surface area (Å²) in [6.07, 6.45) is 5.47. The Balaban J connectivity index is 1.58. The molecule has 1 saturated carbocycles. The minimum atomic E-state index is -0.154. The zero-order valence-corrected chi connectivity index (χ0v) is 13.4. The number of benzene rings is 1. The number of carbonyl (C=O) groups is 1. The molecular formula is C18H26N2O2. The first kappa shape index (κ1) is 15.3. The van der Waals surface area contributed by atoms with Crippen LogP contribution in [0.1, 0.15) is 31.2 Å². The van der Waals surface area contributed by atoms with Crippen molar-refractivity contribution >= 4 is 5.91 Å². The van der Waals surface area contributed by atoms with Crippen LogP contribution in [0.2, 0.25) is 0 Å². The van der Waals surface area contributed by atoms with Crippen molar-refractivity contribution in [1.29, 1.82) is 0 Å². The van der Waals surface area contributed by atoms with E-state index in [9.17, 15) is 4.79 Å². The van der Waals surface area contributed by atoms with Gasteiger partial charge in [-0.1, -0.05) is 31.0 Å². The highest BCUT2D eigenvalue weighted by molar-refractivity contribution is 5.83. The predicted octanol–water partition coefficient (Wildman–Crippen LogP) is 2.13. The van der Waals surface area contributed by atoms with Crippen molar-refractivity contribution in [2.45, 2.75) is 32.1 Å². The molecule has 0 bridgehead atoms. The van der Waals surface area contributed by atoms with Crippen LogP contribution in [0.25, 0.3) is 0 Å². The van der Waals surface area contributed by atoms with Crippen LogP contribution in [0.5, 0.6) is 5.75 Å². The lowest BCUT2D eigenvalue weighted by molar-refractivity contribution is -0.133. The van der Waals surface area contributed by atoms with Crippen molar-refractivity contribution in [2.24, 2.45) is 11.3 Å². The van der Waals surface area contributed by atoms with Gasteiger partial charge < -0.3 is 15.4 Å². The highest BCUT2D eigenvalue weighted by Gasteiger charge is 2.49. The second kappa shape index (κ2) is 6.69. The van der Waals surface area contributed by atoms with E-state index in [4.69, 9.17) is 4.74 Å². The van der Waals surface area contributed by atoms with Crippen LogP contribution in [0.4, 0.5) is 0 Å². The first-order chi connectivity index (χ1) is 10.8. The third-order valence-electron chi connectivity index (χ3n) is 5.36. The van der Waals surface area contributed by atoms with E-state index in [0.717, 1.165) is 37.2 Å². The molecule has 3 rings (SSSR count). The van der Waals surface area contributed by atoms with Gasteiger partial charge in [0.15, 0.2) is 0 Å². The Labute approximate surface area is 132 Å². The van der Waals surface area contributed by atoms with E-state index in [-0.39, 0.29) is 11.3 Å². The maximum absolute atomic E-state index is 12.8. The highest BCUT2D eigenvalue weighted by Crippen LogP contribution is 2.43. The summed E-state index contributed by atoms with van der Waals surface area (Å²) in [7, 11) is 1.69. The fourth-order valence-electron chi connectivity index (χ4n) is 4.09. The maximum Gasteiger partial charge on any atom is 0.227 e.